The van der Waals surface area contributed by atoms with Crippen molar-refractivity contribution >= 4 is 21.6 Å². The predicted molar refractivity (Wildman–Crippen MR) is 83.2 cm³/mol. The van der Waals surface area contributed by atoms with Gasteiger partial charge in [0, 0.05) is 12.2 Å². The lowest BCUT2D eigenvalue weighted by Gasteiger charge is -2.14. The molecule has 0 saturated carbocycles. The van der Waals surface area contributed by atoms with Gasteiger partial charge in [0.25, 0.3) is 0 Å². The number of benzene rings is 1. The average Bonchev–Trinajstić information content (AvgIpc) is 2.73. The van der Waals surface area contributed by atoms with E-state index < -0.39 is 34.4 Å². The van der Waals surface area contributed by atoms with Gasteiger partial charge in [-0.3, -0.25) is 4.79 Å². The second-order valence-corrected chi connectivity index (χ2v) is 7.27. The van der Waals surface area contributed by atoms with Crippen molar-refractivity contribution in [2.24, 2.45) is 0 Å². The normalized spacial score (nSPS) is 27.8. The zero-order chi connectivity index (χ0) is 17.0. The number of amides is 1. The molecule has 0 aromatic heterocycles. The van der Waals surface area contributed by atoms with Crippen LogP contribution >= 0.6 is 0 Å². The number of anilines is 1. The third kappa shape index (κ3) is 5.26. The van der Waals surface area contributed by atoms with Gasteiger partial charge < -0.3 is 20.3 Å². The molecule has 1 aromatic rings. The number of nitrogens with one attached hydrogen (secondary N) is 2. The molecule has 4 atom stereocenters. The van der Waals surface area contributed by atoms with Gasteiger partial charge in [0.1, 0.15) is 18.3 Å². The summed E-state index contributed by atoms with van der Waals surface area (Å²) in [5, 5.41) is 22.5. The summed E-state index contributed by atoms with van der Waals surface area (Å²) in [6.07, 6.45) is -3.51. The number of carbonyl (C=O) groups is 1. The fourth-order valence-corrected chi connectivity index (χ4v) is 2.78. The Morgan fingerprint density at radius 2 is 1.78 bits per heavy atom. The van der Waals surface area contributed by atoms with Gasteiger partial charge in [-0.15, -0.1) is 0 Å². The Kier molecular flexibility index (Phi) is 5.71. The summed E-state index contributed by atoms with van der Waals surface area (Å²) in [7, 11) is -3.44. The van der Waals surface area contributed by atoms with Crippen LogP contribution in [0.2, 0.25) is 0 Å². The Hall–Kier alpha value is -1.52. The highest BCUT2D eigenvalue weighted by Crippen LogP contribution is 2.24. The minimum absolute atomic E-state index is 0.150. The molecular formula is C14H20N2O6S. The van der Waals surface area contributed by atoms with Gasteiger partial charge in [0.15, 0.2) is 0 Å². The van der Waals surface area contributed by atoms with E-state index in [1.807, 2.05) is 6.07 Å². The minimum atomic E-state index is -3.44. The maximum Gasteiger partial charge on any atom is 0.227 e. The summed E-state index contributed by atoms with van der Waals surface area (Å²) in [6.45, 7) is -0.173. The fourth-order valence-electron chi connectivity index (χ4n) is 2.31. The molecule has 9 heteroatoms. The maximum atomic E-state index is 11.9. The standard InChI is InChI=1S/C14H20N2O6S/c1-23(20,21)15-8-11-14(19)13(18)10(22-11)7-12(17)16-9-5-3-2-4-6-9/h2-6,10-11,13-15,18-19H,7-8H2,1H3,(H,16,17)/t10-,11+,13-,14+/m0/s1. The van der Waals surface area contributed by atoms with E-state index in [0.29, 0.717) is 5.69 Å². The molecule has 0 spiro atoms. The Bertz CT molecular complexity index is 636. The summed E-state index contributed by atoms with van der Waals surface area (Å²) in [4.78, 5) is 11.9. The van der Waals surface area contributed by atoms with Gasteiger partial charge >= 0.3 is 0 Å². The first-order valence-corrected chi connectivity index (χ1v) is 8.96. The van der Waals surface area contributed by atoms with Crippen molar-refractivity contribution in [3.05, 3.63) is 30.3 Å². The van der Waals surface area contributed by atoms with Crippen molar-refractivity contribution in [1.82, 2.24) is 4.72 Å². The molecule has 128 valence electrons. The van der Waals surface area contributed by atoms with Crippen LogP contribution in [0, 0.1) is 0 Å². The first-order chi connectivity index (χ1) is 10.8. The largest absolute Gasteiger partial charge is 0.388 e. The molecule has 1 aromatic carbocycles. The molecule has 1 heterocycles. The van der Waals surface area contributed by atoms with Crippen LogP contribution in [-0.2, 0) is 19.6 Å². The van der Waals surface area contributed by atoms with E-state index in [4.69, 9.17) is 4.74 Å². The smallest absolute Gasteiger partial charge is 0.227 e. The van der Waals surface area contributed by atoms with E-state index in [0.717, 1.165) is 6.26 Å². The second-order valence-electron chi connectivity index (χ2n) is 5.43. The van der Waals surface area contributed by atoms with E-state index in [-0.39, 0.29) is 18.9 Å². The van der Waals surface area contributed by atoms with Crippen LogP contribution in [0.1, 0.15) is 6.42 Å². The van der Waals surface area contributed by atoms with Crippen LogP contribution in [0.4, 0.5) is 5.69 Å². The summed E-state index contributed by atoms with van der Waals surface area (Å²) in [5.41, 5.74) is 0.612. The Morgan fingerprint density at radius 3 is 2.39 bits per heavy atom. The van der Waals surface area contributed by atoms with Crippen molar-refractivity contribution in [2.45, 2.75) is 30.8 Å². The summed E-state index contributed by atoms with van der Waals surface area (Å²) in [5.74, 6) is -0.371. The lowest BCUT2D eigenvalue weighted by atomic mass is 10.1. The highest BCUT2D eigenvalue weighted by Gasteiger charge is 2.43. The number of hydrogen-bond acceptors (Lipinski definition) is 6. The zero-order valence-electron chi connectivity index (χ0n) is 12.5. The zero-order valence-corrected chi connectivity index (χ0v) is 13.4. The molecule has 4 N–H and O–H groups in total. The summed E-state index contributed by atoms with van der Waals surface area (Å²) >= 11 is 0. The number of hydrogen-bond donors (Lipinski definition) is 4. The number of ether oxygens (including phenoxy) is 1. The van der Waals surface area contributed by atoms with E-state index in [2.05, 4.69) is 10.0 Å². The van der Waals surface area contributed by atoms with Crippen LogP contribution in [0.15, 0.2) is 30.3 Å². The van der Waals surface area contributed by atoms with Crippen molar-refractivity contribution in [3.63, 3.8) is 0 Å². The van der Waals surface area contributed by atoms with Gasteiger partial charge in [-0.2, -0.15) is 0 Å². The van der Waals surface area contributed by atoms with E-state index in [9.17, 15) is 23.4 Å². The van der Waals surface area contributed by atoms with Crippen molar-refractivity contribution in [2.75, 3.05) is 18.1 Å². The van der Waals surface area contributed by atoms with Crippen LogP contribution in [0.3, 0.4) is 0 Å². The first-order valence-electron chi connectivity index (χ1n) is 7.07. The Labute approximate surface area is 134 Å². The van der Waals surface area contributed by atoms with Crippen LogP contribution in [0.5, 0.6) is 0 Å². The molecule has 23 heavy (non-hydrogen) atoms. The molecule has 8 nitrogen and oxygen atoms in total. The monoisotopic (exact) mass is 344 g/mol. The van der Waals surface area contributed by atoms with E-state index in [1.165, 1.54) is 0 Å². The van der Waals surface area contributed by atoms with Gasteiger partial charge in [-0.1, -0.05) is 18.2 Å². The lowest BCUT2D eigenvalue weighted by molar-refractivity contribution is -0.120. The number of rotatable bonds is 6. The average molecular weight is 344 g/mol. The molecule has 0 bridgehead atoms. The molecular weight excluding hydrogens is 324 g/mol. The highest BCUT2D eigenvalue weighted by atomic mass is 32.2. The second kappa shape index (κ2) is 7.37. The van der Waals surface area contributed by atoms with Crippen LogP contribution < -0.4 is 10.0 Å². The highest BCUT2D eigenvalue weighted by molar-refractivity contribution is 7.88. The molecule has 1 aliphatic rings. The summed E-state index contributed by atoms with van der Waals surface area (Å²) in [6, 6.07) is 8.80. The number of para-hydroxylation sites is 1. The van der Waals surface area contributed by atoms with E-state index in [1.54, 1.807) is 24.3 Å². The van der Waals surface area contributed by atoms with Gasteiger partial charge in [0.2, 0.25) is 15.9 Å². The lowest BCUT2D eigenvalue weighted by Crippen LogP contribution is -2.39. The number of sulfonamides is 1. The number of aliphatic hydroxyl groups excluding tert-OH is 2. The minimum Gasteiger partial charge on any atom is -0.388 e. The molecule has 1 aliphatic heterocycles. The Balaban J connectivity index is 1.89. The quantitative estimate of drug-likeness (QED) is 0.527. The number of aliphatic hydroxyl groups is 2. The van der Waals surface area contributed by atoms with Crippen LogP contribution in [0.25, 0.3) is 0 Å². The summed E-state index contributed by atoms with van der Waals surface area (Å²) < 4.78 is 29.7. The van der Waals surface area contributed by atoms with E-state index >= 15 is 0 Å². The van der Waals surface area contributed by atoms with Crippen molar-refractivity contribution < 1.29 is 28.2 Å². The number of carbonyl (C=O) groups excluding carboxylic acids is 1. The van der Waals surface area contributed by atoms with Crippen LogP contribution in [-0.4, -0.2) is 61.8 Å². The molecule has 1 fully saturated rings. The first kappa shape index (κ1) is 17.8. The molecule has 0 radical (unpaired) electrons. The molecule has 0 aliphatic carbocycles. The molecule has 1 amide bonds. The van der Waals surface area contributed by atoms with Gasteiger partial charge in [-0.05, 0) is 12.1 Å². The predicted octanol–water partition coefficient (Wildman–Crippen LogP) is -0.946. The molecule has 1 saturated heterocycles. The Morgan fingerprint density at radius 1 is 1.17 bits per heavy atom. The third-order valence-electron chi connectivity index (χ3n) is 3.45. The van der Waals surface area contributed by atoms with Gasteiger partial charge in [0.05, 0.1) is 18.8 Å². The third-order valence-corrected chi connectivity index (χ3v) is 4.14. The molecule has 0 unspecified atom stereocenters. The SMILES string of the molecule is CS(=O)(=O)NC[C@H]1O[C@@H](CC(=O)Nc2ccccc2)[C@H](O)[C@@H]1O. The maximum absolute atomic E-state index is 11.9. The topological polar surface area (TPSA) is 125 Å². The van der Waals surface area contributed by atoms with Crippen molar-refractivity contribution in [1.29, 1.82) is 0 Å². The molecule has 2 rings (SSSR count). The van der Waals surface area contributed by atoms with Gasteiger partial charge in [-0.25, -0.2) is 13.1 Å². The fraction of sp³-hybridized carbons (Fsp3) is 0.500. The van der Waals surface area contributed by atoms with Crippen molar-refractivity contribution in [3.8, 4) is 0 Å².